The maximum atomic E-state index is 14.8. The van der Waals surface area contributed by atoms with E-state index in [4.69, 9.17) is 21.7 Å². The summed E-state index contributed by atoms with van der Waals surface area (Å²) in [5, 5.41) is 20.5. The number of nitrogens with one attached hydrogen (secondary N) is 2. The zero-order valence-electron chi connectivity index (χ0n) is 26.7. The first-order valence-electron chi connectivity index (χ1n) is 15.3. The molecule has 49 heavy (non-hydrogen) atoms. The summed E-state index contributed by atoms with van der Waals surface area (Å²) >= 11 is 6.50. The van der Waals surface area contributed by atoms with Gasteiger partial charge in [-0.3, -0.25) is 20.0 Å². The standard InChI is InChI=1S/C33H33ClF4N8O3/c1-31(2,3)17-33(23-8-5-20(6-9-23)22-14-41-45(15-22)28(35)36)27(47)46(29(39)42-33)26(16-49-30(48)43-18-32(37,38)19-43)21-7-10-24(34)25(13-21)44-12-4-11-40-44/h4-15,26,28H,16-19H2,1-3H3,(H2,39,42)/t26-,33-/m1/s1. The average Bonchev–Trinajstić information content (AvgIpc) is 3.78. The average molecular weight is 701 g/mol. The SMILES string of the molecule is CC(C)(C)C[C@]1(c2ccc(-c3cnn(C(F)F)c3)cc2)NC(=N)N([C@H](COC(=O)N2CC(F)(F)C2)c2ccc(Cl)c(-n3cccn3)c2)C1=O. The number of halogens is 5. The van der Waals surface area contributed by atoms with E-state index in [1.165, 1.54) is 22.0 Å². The zero-order chi connectivity index (χ0) is 35.3. The van der Waals surface area contributed by atoms with Crippen LogP contribution < -0.4 is 5.32 Å². The minimum absolute atomic E-state index is 0.231. The molecule has 6 rings (SSSR count). The number of hydrogen-bond acceptors (Lipinski definition) is 6. The van der Waals surface area contributed by atoms with Crippen LogP contribution in [0, 0.1) is 10.8 Å². The highest BCUT2D eigenvalue weighted by Crippen LogP contribution is 2.43. The lowest BCUT2D eigenvalue weighted by Crippen LogP contribution is -2.58. The lowest BCUT2D eigenvalue weighted by atomic mass is 9.75. The summed E-state index contributed by atoms with van der Waals surface area (Å²) in [6.07, 6.45) is 5.03. The summed E-state index contributed by atoms with van der Waals surface area (Å²) in [5.41, 5.74) is 0.544. The monoisotopic (exact) mass is 700 g/mol. The molecule has 0 radical (unpaired) electrons. The molecular weight excluding hydrogens is 668 g/mol. The maximum absolute atomic E-state index is 14.8. The van der Waals surface area contributed by atoms with Gasteiger partial charge >= 0.3 is 12.6 Å². The van der Waals surface area contributed by atoms with Gasteiger partial charge in [-0.2, -0.15) is 19.0 Å². The Morgan fingerprint density at radius 3 is 2.41 bits per heavy atom. The molecule has 11 nitrogen and oxygen atoms in total. The molecule has 2 saturated heterocycles. The zero-order valence-corrected chi connectivity index (χ0v) is 27.5. The van der Waals surface area contributed by atoms with Crippen LogP contribution in [0.3, 0.4) is 0 Å². The topological polar surface area (TPSA) is 121 Å². The second-order valence-electron chi connectivity index (χ2n) is 13.3. The third-order valence-corrected chi connectivity index (χ3v) is 8.67. The van der Waals surface area contributed by atoms with E-state index in [2.05, 4.69) is 15.5 Å². The smallest absolute Gasteiger partial charge is 0.410 e. The van der Waals surface area contributed by atoms with E-state index in [1.54, 1.807) is 60.9 Å². The number of nitrogens with zero attached hydrogens (tertiary/aromatic N) is 6. The molecule has 2 N–H and O–H groups in total. The molecule has 2 amide bonds. The van der Waals surface area contributed by atoms with Gasteiger partial charge in [0.05, 0.1) is 36.0 Å². The van der Waals surface area contributed by atoms with Crippen molar-refractivity contribution in [3.8, 4) is 16.8 Å². The Balaban J connectivity index is 1.38. The molecule has 2 atom stereocenters. The highest BCUT2D eigenvalue weighted by atomic mass is 35.5. The highest BCUT2D eigenvalue weighted by Gasteiger charge is 2.55. The van der Waals surface area contributed by atoms with Crippen molar-refractivity contribution in [2.45, 2.75) is 51.2 Å². The van der Waals surface area contributed by atoms with Crippen LogP contribution >= 0.6 is 11.6 Å². The number of alkyl halides is 4. The van der Waals surface area contributed by atoms with Crippen molar-refractivity contribution < 1.29 is 31.9 Å². The van der Waals surface area contributed by atoms with E-state index in [1.807, 2.05) is 20.8 Å². The fraction of sp³-hybridized carbons (Fsp3) is 0.364. The molecule has 2 aliphatic heterocycles. The molecule has 2 aromatic carbocycles. The van der Waals surface area contributed by atoms with E-state index >= 15 is 0 Å². The van der Waals surface area contributed by atoms with Crippen LogP contribution in [0.5, 0.6) is 0 Å². The summed E-state index contributed by atoms with van der Waals surface area (Å²) in [6, 6.07) is 12.3. The lowest BCUT2D eigenvalue weighted by Gasteiger charge is -2.38. The summed E-state index contributed by atoms with van der Waals surface area (Å²) in [7, 11) is 0. The summed E-state index contributed by atoms with van der Waals surface area (Å²) in [4.78, 5) is 29.6. The van der Waals surface area contributed by atoms with Gasteiger partial charge in [-0.1, -0.05) is 62.7 Å². The van der Waals surface area contributed by atoms with Crippen molar-refractivity contribution in [2.75, 3.05) is 19.7 Å². The Morgan fingerprint density at radius 2 is 1.82 bits per heavy atom. The number of carbonyl (C=O) groups excluding carboxylic acids is 2. The van der Waals surface area contributed by atoms with Gasteiger partial charge in [-0.15, -0.1) is 0 Å². The van der Waals surface area contributed by atoms with Gasteiger partial charge < -0.3 is 10.1 Å². The van der Waals surface area contributed by atoms with E-state index in [9.17, 15) is 27.2 Å². The Labute approximate surface area is 283 Å². The number of rotatable bonds is 9. The Hall–Kier alpha value is -4.92. The largest absolute Gasteiger partial charge is 0.447 e. The van der Waals surface area contributed by atoms with Crippen LogP contribution in [0.1, 0.15) is 50.9 Å². The predicted octanol–water partition coefficient (Wildman–Crippen LogP) is 6.61. The molecule has 0 bridgehead atoms. The minimum atomic E-state index is -3.00. The molecule has 4 heterocycles. The number of likely N-dealkylation sites (tertiary alicyclic amines) is 1. The first kappa shape index (κ1) is 34.0. The molecule has 258 valence electrons. The minimum Gasteiger partial charge on any atom is -0.447 e. The normalized spacial score (nSPS) is 19.6. The first-order chi connectivity index (χ1) is 23.1. The maximum Gasteiger partial charge on any atom is 0.410 e. The lowest BCUT2D eigenvalue weighted by molar-refractivity contribution is -0.135. The van der Waals surface area contributed by atoms with Crippen molar-refractivity contribution in [2.24, 2.45) is 5.41 Å². The van der Waals surface area contributed by atoms with Gasteiger partial charge in [-0.25, -0.2) is 22.9 Å². The first-order valence-corrected chi connectivity index (χ1v) is 15.7. The highest BCUT2D eigenvalue weighted by molar-refractivity contribution is 6.32. The van der Waals surface area contributed by atoms with Crippen molar-refractivity contribution in [3.63, 3.8) is 0 Å². The molecule has 0 spiro atoms. The summed E-state index contributed by atoms with van der Waals surface area (Å²) in [5.74, 6) is -3.79. The number of hydrogen-bond donors (Lipinski definition) is 2. The Morgan fingerprint density at radius 1 is 1.10 bits per heavy atom. The van der Waals surface area contributed by atoms with E-state index in [-0.39, 0.29) is 12.4 Å². The van der Waals surface area contributed by atoms with Gasteiger partial charge in [0, 0.05) is 24.2 Å². The fourth-order valence-electron chi connectivity index (χ4n) is 6.20. The predicted molar refractivity (Wildman–Crippen MR) is 172 cm³/mol. The van der Waals surface area contributed by atoms with E-state index in [0.29, 0.717) is 37.6 Å². The van der Waals surface area contributed by atoms with Gasteiger partial charge in [-0.05, 0) is 46.7 Å². The number of guanidine groups is 1. The molecule has 2 aliphatic rings. The number of carbonyl (C=O) groups is 2. The quantitative estimate of drug-likeness (QED) is 0.190. The van der Waals surface area contributed by atoms with Gasteiger partial charge in [0.15, 0.2) is 5.96 Å². The number of aromatic nitrogens is 4. The van der Waals surface area contributed by atoms with Crippen LogP contribution in [0.4, 0.5) is 22.4 Å². The molecule has 0 saturated carbocycles. The Kier molecular flexibility index (Phi) is 8.67. The van der Waals surface area contributed by atoms with Gasteiger partial charge in [0.2, 0.25) is 0 Å². The second kappa shape index (κ2) is 12.5. The van der Waals surface area contributed by atoms with Crippen molar-refractivity contribution in [1.29, 1.82) is 5.41 Å². The van der Waals surface area contributed by atoms with Crippen molar-refractivity contribution >= 4 is 29.6 Å². The van der Waals surface area contributed by atoms with Crippen molar-refractivity contribution in [1.82, 2.24) is 34.7 Å². The third kappa shape index (κ3) is 6.71. The van der Waals surface area contributed by atoms with Crippen LogP contribution in [0.15, 0.2) is 73.3 Å². The molecule has 2 aromatic heterocycles. The second-order valence-corrected chi connectivity index (χ2v) is 13.7. The number of benzene rings is 2. The third-order valence-electron chi connectivity index (χ3n) is 8.35. The number of amides is 2. The van der Waals surface area contributed by atoms with E-state index in [0.717, 1.165) is 4.90 Å². The van der Waals surface area contributed by atoms with Gasteiger partial charge in [0.1, 0.15) is 12.1 Å². The number of ether oxygens (including phenoxy) is 1. The molecule has 2 fully saturated rings. The van der Waals surface area contributed by atoms with Crippen LogP contribution in [0.2, 0.25) is 5.02 Å². The van der Waals surface area contributed by atoms with E-state index < -0.39 is 61.2 Å². The summed E-state index contributed by atoms with van der Waals surface area (Å²) in [6.45, 7) is 1.01. The molecule has 4 aromatic rings. The summed E-state index contributed by atoms with van der Waals surface area (Å²) < 4.78 is 60.9. The van der Waals surface area contributed by atoms with Crippen LogP contribution in [-0.2, 0) is 15.1 Å². The van der Waals surface area contributed by atoms with Crippen LogP contribution in [0.25, 0.3) is 16.8 Å². The van der Waals surface area contributed by atoms with Crippen LogP contribution in [-0.4, -0.2) is 72.9 Å². The van der Waals surface area contributed by atoms with Crippen molar-refractivity contribution in [3.05, 3.63) is 89.5 Å². The molecular formula is C33H33ClF4N8O3. The fourth-order valence-corrected chi connectivity index (χ4v) is 6.40. The molecule has 0 unspecified atom stereocenters. The molecule has 16 heteroatoms. The Bertz CT molecular complexity index is 1870. The van der Waals surface area contributed by atoms with Gasteiger partial charge in [0.25, 0.3) is 11.8 Å². The molecule has 0 aliphatic carbocycles.